The van der Waals surface area contributed by atoms with E-state index < -0.39 is 53.7 Å². The van der Waals surface area contributed by atoms with Crippen LogP contribution in [0.3, 0.4) is 0 Å². The molecule has 3 aliphatic heterocycles. The number of nitrogens with one attached hydrogen (secondary N) is 1. The van der Waals surface area contributed by atoms with Crippen LogP contribution in [0.4, 0.5) is 0 Å². The van der Waals surface area contributed by atoms with Crippen molar-refractivity contribution >= 4 is 11.8 Å². The first-order chi connectivity index (χ1) is 21.8. The third-order valence-electron chi connectivity index (χ3n) is 11.2. The van der Waals surface area contributed by atoms with Crippen molar-refractivity contribution in [2.45, 2.75) is 148 Å². The Morgan fingerprint density at radius 2 is 1.74 bits per heavy atom. The summed E-state index contributed by atoms with van der Waals surface area (Å²) in [7, 11) is 5.27. The van der Waals surface area contributed by atoms with Gasteiger partial charge in [-0.3, -0.25) is 9.59 Å². The Morgan fingerprint density at radius 3 is 2.36 bits per heavy atom. The van der Waals surface area contributed by atoms with E-state index in [1.807, 2.05) is 48.6 Å². The van der Waals surface area contributed by atoms with Gasteiger partial charge in [-0.15, -0.1) is 0 Å². The summed E-state index contributed by atoms with van der Waals surface area (Å²) >= 11 is 0. The molecule has 3 fully saturated rings. The van der Waals surface area contributed by atoms with Crippen LogP contribution >= 0.6 is 0 Å². The summed E-state index contributed by atoms with van der Waals surface area (Å²) in [6, 6.07) is -0.187. The minimum Gasteiger partial charge on any atom is -0.387 e. The van der Waals surface area contributed by atoms with Crippen LogP contribution in [-0.2, 0) is 28.5 Å². The first-order valence-electron chi connectivity index (χ1n) is 17.7. The number of amides is 2. The Kier molecular flexibility index (Phi) is 14.1. The van der Waals surface area contributed by atoms with Crippen molar-refractivity contribution in [2.24, 2.45) is 23.7 Å². The van der Waals surface area contributed by atoms with Crippen LogP contribution in [0.1, 0.15) is 87.5 Å². The second kappa shape index (κ2) is 16.6. The number of methoxy groups -OCH3 is 1. The van der Waals surface area contributed by atoms with Crippen molar-refractivity contribution in [3.8, 4) is 0 Å². The van der Waals surface area contributed by atoms with Gasteiger partial charge in [0.15, 0.2) is 6.29 Å². The fourth-order valence-electron chi connectivity index (χ4n) is 8.43. The zero-order valence-electron chi connectivity index (χ0n) is 30.8. The van der Waals surface area contributed by atoms with Crippen LogP contribution < -0.4 is 5.32 Å². The molecule has 274 valence electrons. The number of nitrogens with zero attached hydrogens (tertiary/aromatic N) is 2. The lowest BCUT2D eigenvalue weighted by molar-refractivity contribution is -0.299. The predicted molar refractivity (Wildman–Crippen MR) is 178 cm³/mol. The lowest BCUT2D eigenvalue weighted by atomic mass is 9.70. The topological polar surface area (TPSA) is 150 Å². The van der Waals surface area contributed by atoms with E-state index in [9.17, 15) is 24.9 Å². The third-order valence-corrected chi connectivity index (χ3v) is 11.2. The Hall–Kier alpha value is -1.38. The van der Waals surface area contributed by atoms with Gasteiger partial charge in [-0.05, 0) is 84.7 Å². The molecule has 0 bridgehead atoms. The fraction of sp³-hybridized carbons (Fsp3) is 0.943. The van der Waals surface area contributed by atoms with E-state index in [0.717, 1.165) is 13.0 Å². The predicted octanol–water partition coefficient (Wildman–Crippen LogP) is 2.17. The first-order valence-corrected chi connectivity index (χ1v) is 17.7. The van der Waals surface area contributed by atoms with Crippen molar-refractivity contribution in [1.82, 2.24) is 15.1 Å². The zero-order valence-corrected chi connectivity index (χ0v) is 30.8. The zero-order chi connectivity index (χ0) is 35.4. The Balaban J connectivity index is 2.06. The number of carbonyl (C=O) groups is 2. The molecule has 0 aliphatic carbocycles. The third kappa shape index (κ3) is 9.66. The molecule has 3 rings (SSSR count). The van der Waals surface area contributed by atoms with Crippen LogP contribution in [0.2, 0.25) is 0 Å². The largest absolute Gasteiger partial charge is 0.387 e. The minimum atomic E-state index is -1.42. The molecule has 0 unspecified atom stereocenters. The van der Waals surface area contributed by atoms with E-state index in [-0.39, 0.29) is 48.4 Å². The molecular formula is C35H65N3O9. The quantitative estimate of drug-likeness (QED) is 0.303. The van der Waals surface area contributed by atoms with E-state index >= 15 is 0 Å². The van der Waals surface area contributed by atoms with Crippen LogP contribution in [0.15, 0.2) is 0 Å². The van der Waals surface area contributed by atoms with Crippen molar-refractivity contribution in [3.05, 3.63) is 0 Å². The average molecular weight is 672 g/mol. The van der Waals surface area contributed by atoms with Gasteiger partial charge in [0.05, 0.1) is 42.2 Å². The maximum Gasteiger partial charge on any atom is 0.241 e. The van der Waals surface area contributed by atoms with Crippen LogP contribution in [0.5, 0.6) is 0 Å². The Labute approximate surface area is 282 Å². The number of hydrogen-bond acceptors (Lipinski definition) is 10. The Morgan fingerprint density at radius 1 is 1.09 bits per heavy atom. The highest BCUT2D eigenvalue weighted by molar-refractivity contribution is 5.85. The summed E-state index contributed by atoms with van der Waals surface area (Å²) in [6.45, 7) is 16.4. The van der Waals surface area contributed by atoms with Gasteiger partial charge in [0, 0.05) is 39.1 Å². The maximum absolute atomic E-state index is 13.7. The minimum absolute atomic E-state index is 0.101. The SMILES string of the molecule is CCCN(C)[C@H]1C[C@@H](C)O[C@@H](O[C@@H]2[C@@H](C)[C@H](C[C@H]3C[C@@](C)(OC)[C@@H](O)[C@H](C)O3)[C@@H](C)C(=O)NCC(=O)N(C)C[C@H](C)C[C@@]2(C)O)[C@@H]1O. The molecule has 3 aliphatic rings. The molecule has 0 aromatic rings. The van der Waals surface area contributed by atoms with Gasteiger partial charge < -0.3 is 49.4 Å². The van der Waals surface area contributed by atoms with Gasteiger partial charge >= 0.3 is 0 Å². The summed E-state index contributed by atoms with van der Waals surface area (Å²) in [5.74, 6) is -2.00. The molecule has 0 aromatic carbocycles. The van der Waals surface area contributed by atoms with Crippen molar-refractivity contribution < 1.29 is 43.9 Å². The molecule has 0 radical (unpaired) electrons. The summed E-state index contributed by atoms with van der Waals surface area (Å²) in [5.41, 5.74) is -2.26. The molecule has 14 atom stereocenters. The number of carbonyl (C=O) groups excluding carboxylic acids is 2. The molecule has 12 heteroatoms. The molecule has 3 heterocycles. The van der Waals surface area contributed by atoms with Crippen LogP contribution in [0, 0.1) is 23.7 Å². The molecule has 3 saturated heterocycles. The molecule has 0 aromatic heterocycles. The van der Waals surface area contributed by atoms with Gasteiger partial charge in [-0.1, -0.05) is 27.7 Å². The smallest absolute Gasteiger partial charge is 0.241 e. The van der Waals surface area contributed by atoms with Crippen LogP contribution in [0.25, 0.3) is 0 Å². The molecule has 0 spiro atoms. The second-order valence-corrected chi connectivity index (χ2v) is 15.5. The van der Waals surface area contributed by atoms with Gasteiger partial charge in [0.1, 0.15) is 12.2 Å². The molecule has 2 amide bonds. The second-order valence-electron chi connectivity index (χ2n) is 15.5. The summed E-state index contributed by atoms with van der Waals surface area (Å²) < 4.78 is 25.1. The van der Waals surface area contributed by atoms with Crippen molar-refractivity contribution in [2.75, 3.05) is 40.8 Å². The number of aliphatic hydroxyl groups excluding tert-OH is 2. The molecule has 4 N–H and O–H groups in total. The van der Waals surface area contributed by atoms with Crippen LogP contribution in [-0.4, -0.2) is 138 Å². The summed E-state index contributed by atoms with van der Waals surface area (Å²) in [4.78, 5) is 30.4. The van der Waals surface area contributed by atoms with E-state index in [1.165, 1.54) is 0 Å². The number of hydrogen-bond donors (Lipinski definition) is 4. The number of likely N-dealkylation sites (N-methyl/N-ethyl adjacent to an activating group) is 2. The average Bonchev–Trinajstić information content (AvgIpc) is 2.99. The highest BCUT2D eigenvalue weighted by Gasteiger charge is 2.50. The van der Waals surface area contributed by atoms with Gasteiger partial charge in [0.2, 0.25) is 11.8 Å². The molecular weight excluding hydrogens is 606 g/mol. The van der Waals surface area contributed by atoms with E-state index in [0.29, 0.717) is 32.2 Å². The molecule has 0 saturated carbocycles. The fourth-order valence-corrected chi connectivity index (χ4v) is 8.43. The molecule has 12 nitrogen and oxygen atoms in total. The summed E-state index contributed by atoms with van der Waals surface area (Å²) in [5, 5.41) is 37.7. The maximum atomic E-state index is 13.7. The highest BCUT2D eigenvalue weighted by Crippen LogP contribution is 2.42. The standard InChI is InChI=1S/C35H65N3O9/c1-12-13-37(9)27-14-21(3)45-33(29(27)40)47-31-22(4)26(15-25-17-35(8,44-11)30(41)24(6)46-25)23(5)32(42)36-18-28(39)38(10)19-20(2)16-34(31,7)43/h20-27,29-31,33,40-41,43H,12-19H2,1-11H3,(H,36,42)/t20-,21-,22+,23-,24+,25+,26+,27+,29-,30+,31-,33+,34-,35-/m1/s1. The molecule has 47 heavy (non-hydrogen) atoms. The van der Waals surface area contributed by atoms with Crippen molar-refractivity contribution in [1.29, 1.82) is 0 Å². The lowest BCUT2D eigenvalue weighted by Gasteiger charge is -2.49. The Bertz CT molecular complexity index is 1030. The number of aliphatic hydroxyl groups is 3. The first kappa shape index (κ1) is 40.1. The highest BCUT2D eigenvalue weighted by atomic mass is 16.7. The van der Waals surface area contributed by atoms with Gasteiger partial charge in [-0.25, -0.2) is 0 Å². The summed E-state index contributed by atoms with van der Waals surface area (Å²) in [6.07, 6.45) is -1.97. The van der Waals surface area contributed by atoms with Gasteiger partial charge in [0.25, 0.3) is 0 Å². The monoisotopic (exact) mass is 671 g/mol. The van der Waals surface area contributed by atoms with E-state index in [2.05, 4.69) is 17.1 Å². The normalized spacial score (nSPS) is 44.8. The van der Waals surface area contributed by atoms with Gasteiger partial charge in [-0.2, -0.15) is 0 Å². The number of ether oxygens (including phenoxy) is 4. The van der Waals surface area contributed by atoms with Crippen molar-refractivity contribution in [3.63, 3.8) is 0 Å². The number of rotatable bonds is 8. The van der Waals surface area contributed by atoms with E-state index in [1.54, 1.807) is 26.0 Å². The lowest BCUT2D eigenvalue weighted by Crippen LogP contribution is -2.59. The van der Waals surface area contributed by atoms with E-state index in [4.69, 9.17) is 18.9 Å².